The minimum Gasteiger partial charge on any atom is -0.370 e. The van der Waals surface area contributed by atoms with Crippen molar-refractivity contribution in [1.82, 2.24) is 15.1 Å². The van der Waals surface area contributed by atoms with Gasteiger partial charge in [0.1, 0.15) is 0 Å². The van der Waals surface area contributed by atoms with E-state index < -0.39 is 0 Å². The van der Waals surface area contributed by atoms with Gasteiger partial charge in [-0.3, -0.25) is 9.89 Å². The number of nitrogens with zero attached hydrogens (tertiary/aromatic N) is 3. The van der Waals surface area contributed by atoms with Crippen molar-refractivity contribution in [3.8, 4) is 0 Å². The minimum atomic E-state index is 0. The maximum Gasteiger partial charge on any atom is 0.188 e. The molecule has 0 atom stereocenters. The van der Waals surface area contributed by atoms with Gasteiger partial charge in [0.2, 0.25) is 0 Å². The van der Waals surface area contributed by atoms with Crippen molar-refractivity contribution in [3.63, 3.8) is 0 Å². The molecule has 2 heterocycles. The van der Waals surface area contributed by atoms with Crippen LogP contribution in [0.3, 0.4) is 0 Å². The number of hydrogen-bond acceptors (Lipinski definition) is 3. The summed E-state index contributed by atoms with van der Waals surface area (Å²) in [5.74, 6) is 0.618. The zero-order valence-corrected chi connectivity index (χ0v) is 16.6. The van der Waals surface area contributed by atoms with Gasteiger partial charge in [-0.2, -0.15) is 0 Å². The number of guanidine groups is 1. The van der Waals surface area contributed by atoms with Crippen molar-refractivity contribution in [1.29, 1.82) is 0 Å². The highest BCUT2D eigenvalue weighted by molar-refractivity contribution is 14.0. The Morgan fingerprint density at radius 2 is 1.77 bits per heavy atom. The molecule has 2 fully saturated rings. The average molecular weight is 423 g/mol. The van der Waals surface area contributed by atoms with Crippen LogP contribution in [0.4, 0.5) is 0 Å². The van der Waals surface area contributed by atoms with E-state index >= 15 is 0 Å². The van der Waals surface area contributed by atoms with E-state index in [2.05, 4.69) is 34.1 Å². The maximum atomic E-state index is 6.00. The number of piperidine rings is 2. The van der Waals surface area contributed by atoms with E-state index in [1.54, 1.807) is 0 Å². The van der Waals surface area contributed by atoms with Crippen LogP contribution >= 0.6 is 24.0 Å². The lowest BCUT2D eigenvalue weighted by Crippen LogP contribution is -2.58. The Bertz CT molecular complexity index is 333. The van der Waals surface area contributed by atoms with Gasteiger partial charge in [0.05, 0.1) is 6.54 Å². The quantitative estimate of drug-likeness (QED) is 0.403. The first-order valence-electron chi connectivity index (χ1n) is 8.64. The monoisotopic (exact) mass is 423 g/mol. The van der Waals surface area contributed by atoms with Crippen molar-refractivity contribution in [2.24, 2.45) is 10.7 Å². The molecule has 0 aliphatic carbocycles. The lowest BCUT2D eigenvalue weighted by atomic mass is 9.84. The molecule has 5 nitrogen and oxygen atoms in total. The van der Waals surface area contributed by atoms with E-state index in [1.165, 1.54) is 58.3 Å². The molecule has 22 heavy (non-hydrogen) atoms. The Kier molecular flexibility index (Phi) is 9.01. The number of aliphatic imine (C=N–C) groups is 1. The van der Waals surface area contributed by atoms with Crippen LogP contribution in [0.25, 0.3) is 0 Å². The third kappa shape index (κ3) is 5.53. The van der Waals surface area contributed by atoms with Gasteiger partial charge in [0, 0.05) is 12.1 Å². The average Bonchev–Trinajstić information content (AvgIpc) is 2.53. The van der Waals surface area contributed by atoms with Gasteiger partial charge in [0.25, 0.3) is 0 Å². The fraction of sp³-hybridized carbons (Fsp3) is 0.938. The fourth-order valence-electron chi connectivity index (χ4n) is 3.52. The highest BCUT2D eigenvalue weighted by Crippen LogP contribution is 2.31. The number of hydrogen-bond donors (Lipinski definition) is 2. The summed E-state index contributed by atoms with van der Waals surface area (Å²) in [6, 6.07) is 0. The third-order valence-corrected chi connectivity index (χ3v) is 5.04. The molecule has 0 radical (unpaired) electrons. The van der Waals surface area contributed by atoms with Crippen LogP contribution in [-0.2, 0) is 0 Å². The van der Waals surface area contributed by atoms with Crippen LogP contribution in [-0.4, -0.2) is 67.6 Å². The second kappa shape index (κ2) is 9.93. The molecule has 0 bridgehead atoms. The summed E-state index contributed by atoms with van der Waals surface area (Å²) in [6.07, 6.45) is 7.58. The highest BCUT2D eigenvalue weighted by Gasteiger charge is 2.39. The molecule has 0 spiro atoms. The molecule has 0 amide bonds. The van der Waals surface area contributed by atoms with Gasteiger partial charge in [-0.05, 0) is 65.3 Å². The van der Waals surface area contributed by atoms with Crippen LogP contribution in [0.5, 0.6) is 0 Å². The Morgan fingerprint density at radius 1 is 1.14 bits per heavy atom. The molecule has 0 aromatic rings. The van der Waals surface area contributed by atoms with E-state index in [4.69, 9.17) is 5.73 Å². The van der Waals surface area contributed by atoms with Gasteiger partial charge in [-0.1, -0.05) is 13.3 Å². The largest absolute Gasteiger partial charge is 0.370 e. The number of rotatable bonds is 5. The lowest BCUT2D eigenvalue weighted by molar-refractivity contribution is 0.0208. The zero-order chi connectivity index (χ0) is 15.1. The Labute approximate surface area is 153 Å². The first-order valence-corrected chi connectivity index (χ1v) is 8.64. The molecule has 0 aromatic carbocycles. The Balaban J connectivity index is 0.00000242. The summed E-state index contributed by atoms with van der Waals surface area (Å²) in [6.45, 7) is 8.73. The number of likely N-dealkylation sites (tertiary alicyclic amines) is 2. The molecule has 2 saturated heterocycles. The molecule has 0 aromatic heterocycles. The standard InChI is InChI=1S/C16H33N5.HI/c1-3-9-18-15(17)19-14-16(7-12-20(2)13-8-16)21-10-5-4-6-11-21;/h3-14H2,1-2H3,(H3,17,18,19);1H. The SMILES string of the molecule is CCCNC(N)=NCC1(N2CCCCC2)CCN(C)CC1.I. The summed E-state index contributed by atoms with van der Waals surface area (Å²) in [5, 5.41) is 3.20. The van der Waals surface area contributed by atoms with Gasteiger partial charge in [-0.25, -0.2) is 0 Å². The van der Waals surface area contributed by atoms with Gasteiger partial charge < -0.3 is 16.0 Å². The Morgan fingerprint density at radius 3 is 2.36 bits per heavy atom. The fourth-order valence-corrected chi connectivity index (χ4v) is 3.52. The molecule has 3 N–H and O–H groups in total. The first-order chi connectivity index (χ1) is 10.2. The molecular weight excluding hydrogens is 389 g/mol. The molecule has 2 rings (SSSR count). The van der Waals surface area contributed by atoms with Crippen LogP contribution in [0.2, 0.25) is 0 Å². The van der Waals surface area contributed by atoms with Crippen molar-refractivity contribution in [2.45, 2.75) is 51.0 Å². The van der Waals surface area contributed by atoms with E-state index in [9.17, 15) is 0 Å². The summed E-state index contributed by atoms with van der Waals surface area (Å²) >= 11 is 0. The molecule has 0 saturated carbocycles. The number of nitrogens with one attached hydrogen (secondary N) is 1. The van der Waals surface area contributed by atoms with E-state index in [1.807, 2.05) is 0 Å². The van der Waals surface area contributed by atoms with Crippen LogP contribution in [0, 0.1) is 0 Å². The zero-order valence-electron chi connectivity index (χ0n) is 14.3. The molecule has 130 valence electrons. The highest BCUT2D eigenvalue weighted by atomic mass is 127. The second-order valence-corrected chi connectivity index (χ2v) is 6.70. The smallest absolute Gasteiger partial charge is 0.188 e. The van der Waals surface area contributed by atoms with Gasteiger partial charge in [0.15, 0.2) is 5.96 Å². The van der Waals surface area contributed by atoms with Crippen molar-refractivity contribution in [3.05, 3.63) is 0 Å². The summed E-state index contributed by atoms with van der Waals surface area (Å²) in [4.78, 5) is 9.82. The predicted octanol–water partition coefficient (Wildman–Crippen LogP) is 1.87. The summed E-state index contributed by atoms with van der Waals surface area (Å²) < 4.78 is 0. The topological polar surface area (TPSA) is 56.9 Å². The Hall–Kier alpha value is -0.0800. The van der Waals surface area contributed by atoms with E-state index in [0.29, 0.717) is 5.96 Å². The van der Waals surface area contributed by atoms with Crippen molar-refractivity contribution < 1.29 is 0 Å². The second-order valence-electron chi connectivity index (χ2n) is 6.70. The number of halogens is 1. The molecule has 0 unspecified atom stereocenters. The van der Waals surface area contributed by atoms with Crippen LogP contribution in [0.15, 0.2) is 4.99 Å². The molecule has 6 heteroatoms. The molecule has 2 aliphatic rings. The van der Waals surface area contributed by atoms with Crippen molar-refractivity contribution >= 4 is 29.9 Å². The summed E-state index contributed by atoms with van der Waals surface area (Å²) in [7, 11) is 2.22. The van der Waals surface area contributed by atoms with Crippen molar-refractivity contribution in [2.75, 3.05) is 46.3 Å². The minimum absolute atomic E-state index is 0. The predicted molar refractivity (Wildman–Crippen MR) is 105 cm³/mol. The normalized spacial score (nSPS) is 23.8. The number of nitrogens with two attached hydrogens (primary N) is 1. The first kappa shape index (κ1) is 20.0. The van der Waals surface area contributed by atoms with Crippen LogP contribution < -0.4 is 11.1 Å². The maximum absolute atomic E-state index is 6.00. The van der Waals surface area contributed by atoms with E-state index in [-0.39, 0.29) is 29.5 Å². The van der Waals surface area contributed by atoms with Gasteiger partial charge >= 0.3 is 0 Å². The lowest BCUT2D eigenvalue weighted by Gasteiger charge is -2.49. The molecular formula is C16H34IN5. The van der Waals surface area contributed by atoms with E-state index in [0.717, 1.165) is 19.5 Å². The molecule has 2 aliphatic heterocycles. The third-order valence-electron chi connectivity index (χ3n) is 5.04. The van der Waals surface area contributed by atoms with Gasteiger partial charge in [-0.15, -0.1) is 24.0 Å². The van der Waals surface area contributed by atoms with Crippen LogP contribution in [0.1, 0.15) is 45.4 Å². The summed E-state index contributed by atoms with van der Waals surface area (Å²) in [5.41, 5.74) is 6.24.